The van der Waals surface area contributed by atoms with Crippen molar-refractivity contribution in [2.75, 3.05) is 45.7 Å². The molecule has 238 valence electrons. The summed E-state index contributed by atoms with van der Waals surface area (Å²) in [7, 11) is -7.72. The van der Waals surface area contributed by atoms with Gasteiger partial charge in [-0.3, -0.25) is 0 Å². The second kappa shape index (κ2) is 13.2. The highest BCUT2D eigenvalue weighted by molar-refractivity contribution is 9.10. The molecule has 2 aromatic rings. The van der Waals surface area contributed by atoms with Gasteiger partial charge in [-0.15, -0.1) is 0 Å². The van der Waals surface area contributed by atoms with Gasteiger partial charge in [0.25, 0.3) is 0 Å². The Morgan fingerprint density at radius 3 is 2.49 bits per heavy atom. The molecule has 2 N–H and O–H groups in total. The molecule has 0 saturated carbocycles. The highest BCUT2D eigenvalue weighted by Crippen LogP contribution is 2.40. The van der Waals surface area contributed by atoms with Gasteiger partial charge < -0.3 is 29.3 Å². The maximum atomic E-state index is 14.6. The van der Waals surface area contributed by atoms with E-state index < -0.39 is 61.0 Å². The fourth-order valence-corrected chi connectivity index (χ4v) is 8.20. The minimum Gasteiger partial charge on any atom is -0.492 e. The molecule has 2 aliphatic rings. The number of carbonyl (C=O) groups is 1. The standard InChI is InChI=1S/C27H34BrFN2O10S2/c1-3-39-21-8-7-18(28)13-24(21)43(37,38)30-11-9-27(10-12-30)14-19(16-41-27)31(26(33)34)15-20(32)17-40-22-5-4-6-23(25(22)29)42(2,35)36/h4-8,13,19-20,32H,3,9-12,14-17H2,1-2H3,(H,33,34). The van der Waals surface area contributed by atoms with Crippen molar-refractivity contribution in [2.45, 2.75) is 53.7 Å². The van der Waals surface area contributed by atoms with Crippen LogP contribution in [0.2, 0.25) is 0 Å². The molecule has 0 aromatic heterocycles. The molecule has 0 aliphatic carbocycles. The van der Waals surface area contributed by atoms with E-state index in [1.54, 1.807) is 19.1 Å². The molecule has 2 aromatic carbocycles. The molecule has 2 saturated heterocycles. The second-order valence-corrected chi connectivity index (χ2v) is 15.3. The van der Waals surface area contributed by atoms with Gasteiger partial charge in [0, 0.05) is 23.8 Å². The summed E-state index contributed by atoms with van der Waals surface area (Å²) in [6, 6.07) is 7.79. The molecule has 1 spiro atoms. The molecular formula is C27H34BrFN2O10S2. The Bertz CT molecular complexity index is 1550. The summed E-state index contributed by atoms with van der Waals surface area (Å²) >= 11 is 3.32. The van der Waals surface area contributed by atoms with Crippen LogP contribution in [0.4, 0.5) is 9.18 Å². The molecule has 12 nitrogen and oxygen atoms in total. The van der Waals surface area contributed by atoms with Gasteiger partial charge in [-0.05, 0) is 56.5 Å². The molecule has 0 bridgehead atoms. The second-order valence-electron chi connectivity index (χ2n) is 10.5. The smallest absolute Gasteiger partial charge is 0.407 e. The number of nitrogens with zero attached hydrogens (tertiary/aromatic N) is 2. The van der Waals surface area contributed by atoms with Gasteiger partial charge in [0.15, 0.2) is 21.4 Å². The van der Waals surface area contributed by atoms with E-state index in [0.29, 0.717) is 30.3 Å². The van der Waals surface area contributed by atoms with Crippen molar-refractivity contribution in [3.8, 4) is 11.5 Å². The Balaban J connectivity index is 1.37. The van der Waals surface area contributed by atoms with Crippen molar-refractivity contribution in [1.82, 2.24) is 9.21 Å². The summed E-state index contributed by atoms with van der Waals surface area (Å²) < 4.78 is 83.9. The SMILES string of the molecule is CCOc1ccc(Br)cc1S(=O)(=O)N1CCC2(CC1)CC(N(CC(O)COc1cccc(S(C)(=O)=O)c1F)C(=O)O)CO2. The van der Waals surface area contributed by atoms with Crippen molar-refractivity contribution in [3.05, 3.63) is 46.7 Å². The van der Waals surface area contributed by atoms with E-state index in [1.165, 1.54) is 22.5 Å². The van der Waals surface area contributed by atoms with E-state index in [-0.39, 0.29) is 42.6 Å². The summed E-state index contributed by atoms with van der Waals surface area (Å²) in [5, 5.41) is 20.4. The van der Waals surface area contributed by atoms with Crippen molar-refractivity contribution in [1.29, 1.82) is 0 Å². The van der Waals surface area contributed by atoms with E-state index in [9.17, 15) is 36.2 Å². The number of hydrogen-bond donors (Lipinski definition) is 2. The van der Waals surface area contributed by atoms with Gasteiger partial charge in [0.1, 0.15) is 28.3 Å². The number of piperidine rings is 1. The number of aliphatic hydroxyl groups excluding tert-OH is 1. The molecule has 16 heteroatoms. The van der Waals surface area contributed by atoms with Gasteiger partial charge in [-0.25, -0.2) is 26.0 Å². The molecule has 2 aliphatic heterocycles. The lowest BCUT2D eigenvalue weighted by atomic mass is 9.88. The van der Waals surface area contributed by atoms with Gasteiger partial charge >= 0.3 is 6.09 Å². The molecule has 0 radical (unpaired) electrons. The van der Waals surface area contributed by atoms with Gasteiger partial charge in [0.05, 0.1) is 31.4 Å². The number of rotatable bonds is 11. The molecular weight excluding hydrogens is 675 g/mol. The van der Waals surface area contributed by atoms with Crippen molar-refractivity contribution in [2.24, 2.45) is 0 Å². The maximum Gasteiger partial charge on any atom is 0.407 e. The molecule has 4 rings (SSSR count). The first-order chi connectivity index (χ1) is 20.2. The predicted molar refractivity (Wildman–Crippen MR) is 156 cm³/mol. The Morgan fingerprint density at radius 2 is 1.86 bits per heavy atom. The summed E-state index contributed by atoms with van der Waals surface area (Å²) in [4.78, 5) is 12.7. The number of aliphatic hydroxyl groups is 1. The minimum absolute atomic E-state index is 0.0534. The van der Waals surface area contributed by atoms with E-state index in [1.807, 2.05) is 0 Å². The van der Waals surface area contributed by atoms with Crippen molar-refractivity contribution in [3.63, 3.8) is 0 Å². The topological polar surface area (TPSA) is 160 Å². The summed E-state index contributed by atoms with van der Waals surface area (Å²) in [6.07, 6.45) is -0.814. The lowest BCUT2D eigenvalue weighted by Crippen LogP contribution is -2.48. The number of carboxylic acid groups (broad SMARTS) is 1. The fraction of sp³-hybridized carbons (Fsp3) is 0.519. The van der Waals surface area contributed by atoms with E-state index in [2.05, 4.69) is 15.9 Å². The first-order valence-corrected chi connectivity index (χ1v) is 17.6. The van der Waals surface area contributed by atoms with Crippen LogP contribution in [-0.2, 0) is 24.6 Å². The Kier molecular flexibility index (Phi) is 10.3. The lowest BCUT2D eigenvalue weighted by molar-refractivity contribution is -0.0319. The quantitative estimate of drug-likeness (QED) is 0.355. The third kappa shape index (κ3) is 7.60. The number of sulfone groups is 1. The first kappa shape index (κ1) is 33.4. The molecule has 2 fully saturated rings. The minimum atomic E-state index is -3.87. The zero-order chi connectivity index (χ0) is 31.6. The molecule has 1 amide bonds. The van der Waals surface area contributed by atoms with Crippen LogP contribution in [0.3, 0.4) is 0 Å². The maximum absolute atomic E-state index is 14.6. The van der Waals surface area contributed by atoms with Crippen LogP contribution in [0.15, 0.2) is 50.7 Å². The van der Waals surface area contributed by atoms with Crippen molar-refractivity contribution >= 4 is 41.9 Å². The Labute approximate surface area is 258 Å². The van der Waals surface area contributed by atoms with Crippen LogP contribution in [0.25, 0.3) is 0 Å². The van der Waals surface area contributed by atoms with E-state index in [4.69, 9.17) is 14.2 Å². The van der Waals surface area contributed by atoms with Gasteiger partial charge in [0.2, 0.25) is 10.0 Å². The third-order valence-electron chi connectivity index (χ3n) is 7.50. The molecule has 2 atom stereocenters. The zero-order valence-corrected chi connectivity index (χ0v) is 26.8. The number of hydrogen-bond acceptors (Lipinski definition) is 9. The van der Waals surface area contributed by atoms with Crippen molar-refractivity contribution < 1.29 is 50.4 Å². The van der Waals surface area contributed by atoms with E-state index in [0.717, 1.165) is 17.2 Å². The fourth-order valence-electron chi connectivity index (χ4n) is 5.34. The predicted octanol–water partition coefficient (Wildman–Crippen LogP) is 3.12. The van der Waals surface area contributed by atoms with Crippen LogP contribution >= 0.6 is 15.9 Å². The number of halogens is 2. The number of amides is 1. The average molecular weight is 710 g/mol. The lowest BCUT2D eigenvalue weighted by Gasteiger charge is -2.38. The number of benzene rings is 2. The van der Waals surface area contributed by atoms with Gasteiger partial charge in [-0.2, -0.15) is 4.31 Å². The molecule has 2 unspecified atom stereocenters. The summed E-state index contributed by atoms with van der Waals surface area (Å²) in [5.41, 5.74) is -0.735. The van der Waals surface area contributed by atoms with Crippen LogP contribution in [0.5, 0.6) is 11.5 Å². The largest absolute Gasteiger partial charge is 0.492 e. The van der Waals surface area contributed by atoms with Crippen LogP contribution in [-0.4, -0.2) is 106 Å². The highest BCUT2D eigenvalue weighted by Gasteiger charge is 2.47. The zero-order valence-electron chi connectivity index (χ0n) is 23.6. The number of ether oxygens (including phenoxy) is 3. The first-order valence-electron chi connectivity index (χ1n) is 13.5. The van der Waals surface area contributed by atoms with Crippen LogP contribution in [0.1, 0.15) is 26.2 Å². The monoisotopic (exact) mass is 708 g/mol. The molecule has 43 heavy (non-hydrogen) atoms. The summed E-state index contributed by atoms with van der Waals surface area (Å²) in [5.74, 6) is -1.22. The van der Waals surface area contributed by atoms with Gasteiger partial charge in [-0.1, -0.05) is 22.0 Å². The molecule has 2 heterocycles. The third-order valence-corrected chi connectivity index (χ3v) is 11.0. The normalized spacial score (nSPS) is 19.7. The number of sulfonamides is 1. The Morgan fingerprint density at radius 1 is 1.16 bits per heavy atom. The van der Waals surface area contributed by atoms with Crippen LogP contribution < -0.4 is 9.47 Å². The summed E-state index contributed by atoms with van der Waals surface area (Å²) in [6.45, 7) is 1.59. The highest BCUT2D eigenvalue weighted by atomic mass is 79.9. The van der Waals surface area contributed by atoms with Crippen LogP contribution in [0, 0.1) is 5.82 Å². The average Bonchev–Trinajstić information content (AvgIpc) is 3.34. The van der Waals surface area contributed by atoms with E-state index >= 15 is 0 Å². The Hall–Kier alpha value is -2.50.